The molecular weight excluding hydrogens is 450 g/mol. The second-order valence-corrected chi connectivity index (χ2v) is 9.26. The number of hydrogen-bond acceptors (Lipinski definition) is 6. The number of nitrogens with zero attached hydrogens (tertiary/aromatic N) is 1. The number of carbonyl (C=O) groups is 2. The van der Waals surface area contributed by atoms with E-state index in [1.165, 1.54) is 36.5 Å². The molecular formula is C24H18ClNO5S. The van der Waals surface area contributed by atoms with Crippen molar-refractivity contribution in [3.63, 3.8) is 0 Å². The monoisotopic (exact) mass is 467 g/mol. The summed E-state index contributed by atoms with van der Waals surface area (Å²) >= 11 is 5.90. The first-order valence-electron chi connectivity index (χ1n) is 9.75. The Labute approximate surface area is 190 Å². The topological polar surface area (TPSA) is 80.8 Å². The number of benzene rings is 3. The van der Waals surface area contributed by atoms with Crippen LogP contribution in [-0.4, -0.2) is 26.8 Å². The number of fused-ring (bicyclic) bond motifs is 1. The van der Waals surface area contributed by atoms with Crippen LogP contribution in [0, 0.1) is 0 Å². The maximum absolute atomic E-state index is 13.3. The van der Waals surface area contributed by atoms with Crippen LogP contribution in [-0.2, 0) is 14.6 Å². The van der Waals surface area contributed by atoms with Gasteiger partial charge in [-0.1, -0.05) is 29.8 Å². The molecule has 0 bridgehead atoms. The number of para-hydroxylation sites is 1. The van der Waals surface area contributed by atoms with E-state index in [1.54, 1.807) is 54.3 Å². The van der Waals surface area contributed by atoms with Crippen molar-refractivity contribution in [3.05, 3.63) is 100 Å². The Morgan fingerprint density at radius 3 is 2.38 bits per heavy atom. The number of sulfone groups is 1. The summed E-state index contributed by atoms with van der Waals surface area (Å²) in [5.74, 6) is -1.14. The average molecular weight is 468 g/mol. The molecule has 0 atom stereocenters. The fourth-order valence-corrected chi connectivity index (χ4v) is 5.06. The lowest BCUT2D eigenvalue weighted by Gasteiger charge is -2.29. The Bertz CT molecular complexity index is 1350. The number of carbonyl (C=O) groups excluding carboxylic acids is 2. The highest BCUT2D eigenvalue weighted by atomic mass is 35.5. The fourth-order valence-electron chi connectivity index (χ4n) is 3.39. The minimum atomic E-state index is -4.07. The summed E-state index contributed by atoms with van der Waals surface area (Å²) in [6.07, 6.45) is 1.29. The first kappa shape index (κ1) is 21.8. The molecule has 0 saturated heterocycles. The standard InChI is InChI=1S/C24H18ClNO5S/c1-2-31-24(28)17-6-5-7-19(14-17)26-15-22(23(27)16-10-12-18(25)13-11-16)32(29,30)21-9-4-3-8-20(21)26/h3-15H,2H2,1H3. The summed E-state index contributed by atoms with van der Waals surface area (Å²) in [7, 11) is -4.07. The maximum atomic E-state index is 13.3. The maximum Gasteiger partial charge on any atom is 0.338 e. The molecule has 1 aliphatic heterocycles. The summed E-state index contributed by atoms with van der Waals surface area (Å²) < 4.78 is 31.7. The van der Waals surface area contributed by atoms with E-state index in [4.69, 9.17) is 16.3 Å². The van der Waals surface area contributed by atoms with Gasteiger partial charge >= 0.3 is 5.97 Å². The molecule has 8 heteroatoms. The number of anilines is 2. The zero-order valence-electron chi connectivity index (χ0n) is 17.0. The Kier molecular flexibility index (Phi) is 5.86. The van der Waals surface area contributed by atoms with E-state index in [1.807, 2.05) is 0 Å². The Hall–Kier alpha value is -3.42. The van der Waals surface area contributed by atoms with Crippen molar-refractivity contribution in [2.75, 3.05) is 11.5 Å². The third kappa shape index (κ3) is 3.92. The highest BCUT2D eigenvalue weighted by Gasteiger charge is 2.36. The molecule has 0 radical (unpaired) electrons. The number of esters is 1. The lowest BCUT2D eigenvalue weighted by atomic mass is 10.1. The van der Waals surface area contributed by atoms with Crippen molar-refractivity contribution in [1.82, 2.24) is 0 Å². The molecule has 0 amide bonds. The number of hydrogen-bond donors (Lipinski definition) is 0. The zero-order chi connectivity index (χ0) is 22.9. The van der Waals surface area contributed by atoms with Gasteiger partial charge in [-0.15, -0.1) is 0 Å². The molecule has 0 aliphatic carbocycles. The van der Waals surface area contributed by atoms with Crippen molar-refractivity contribution in [3.8, 4) is 0 Å². The molecule has 3 aromatic rings. The molecule has 4 rings (SSSR count). The molecule has 0 saturated carbocycles. The molecule has 3 aromatic carbocycles. The number of rotatable bonds is 5. The second-order valence-electron chi connectivity index (χ2n) is 6.94. The highest BCUT2D eigenvalue weighted by molar-refractivity contribution is 7.96. The van der Waals surface area contributed by atoms with E-state index < -0.39 is 21.6 Å². The summed E-state index contributed by atoms with van der Waals surface area (Å²) in [6.45, 7) is 1.94. The first-order valence-corrected chi connectivity index (χ1v) is 11.6. The van der Waals surface area contributed by atoms with Gasteiger partial charge in [-0.2, -0.15) is 0 Å². The largest absolute Gasteiger partial charge is 0.462 e. The minimum Gasteiger partial charge on any atom is -0.462 e. The predicted octanol–water partition coefficient (Wildman–Crippen LogP) is 5.17. The van der Waals surface area contributed by atoms with Crippen molar-refractivity contribution < 1.29 is 22.7 Å². The SMILES string of the molecule is CCOC(=O)c1cccc(N2C=C(C(=O)c3ccc(Cl)cc3)S(=O)(=O)c3ccccc32)c1. The summed E-state index contributed by atoms with van der Waals surface area (Å²) in [4.78, 5) is 26.6. The Morgan fingerprint density at radius 1 is 0.938 bits per heavy atom. The quantitative estimate of drug-likeness (QED) is 0.380. The number of allylic oxidation sites excluding steroid dienone is 1. The van der Waals surface area contributed by atoms with E-state index in [0.29, 0.717) is 22.0 Å². The van der Waals surface area contributed by atoms with Crippen LogP contribution in [0.15, 0.2) is 88.8 Å². The van der Waals surface area contributed by atoms with Gasteiger partial charge in [0, 0.05) is 22.5 Å². The third-order valence-electron chi connectivity index (χ3n) is 4.92. The molecule has 6 nitrogen and oxygen atoms in total. The van der Waals surface area contributed by atoms with E-state index >= 15 is 0 Å². The summed E-state index contributed by atoms with van der Waals surface area (Å²) in [6, 6.07) is 19.0. The van der Waals surface area contributed by atoms with Gasteiger partial charge in [0.15, 0.2) is 0 Å². The molecule has 32 heavy (non-hydrogen) atoms. The predicted molar refractivity (Wildman–Crippen MR) is 122 cm³/mol. The fraction of sp³-hybridized carbons (Fsp3) is 0.0833. The van der Waals surface area contributed by atoms with Crippen LogP contribution in [0.4, 0.5) is 11.4 Å². The van der Waals surface area contributed by atoms with Gasteiger partial charge < -0.3 is 9.64 Å². The van der Waals surface area contributed by atoms with E-state index in [2.05, 4.69) is 0 Å². The normalized spacial score (nSPS) is 14.3. The molecule has 0 unspecified atom stereocenters. The number of ether oxygens (including phenoxy) is 1. The lowest BCUT2D eigenvalue weighted by molar-refractivity contribution is 0.0526. The lowest BCUT2D eigenvalue weighted by Crippen LogP contribution is -2.25. The molecule has 0 fully saturated rings. The molecule has 0 aromatic heterocycles. The van der Waals surface area contributed by atoms with Gasteiger partial charge in [-0.25, -0.2) is 13.2 Å². The zero-order valence-corrected chi connectivity index (χ0v) is 18.6. The van der Waals surface area contributed by atoms with Crippen LogP contribution in [0.3, 0.4) is 0 Å². The second kappa shape index (κ2) is 8.61. The molecule has 162 valence electrons. The van der Waals surface area contributed by atoms with Crippen molar-refractivity contribution in [1.29, 1.82) is 0 Å². The van der Waals surface area contributed by atoms with Crippen molar-refractivity contribution in [2.45, 2.75) is 11.8 Å². The van der Waals surface area contributed by atoms with Crippen molar-refractivity contribution >= 4 is 44.6 Å². The van der Waals surface area contributed by atoms with Crippen LogP contribution in [0.5, 0.6) is 0 Å². The van der Waals surface area contributed by atoms with E-state index in [-0.39, 0.29) is 22.0 Å². The van der Waals surface area contributed by atoms with Gasteiger partial charge in [0.05, 0.1) is 22.8 Å². The van der Waals surface area contributed by atoms with Gasteiger partial charge in [0.1, 0.15) is 4.91 Å². The molecule has 1 heterocycles. The molecule has 0 spiro atoms. The highest BCUT2D eigenvalue weighted by Crippen LogP contribution is 2.40. The molecule has 0 N–H and O–H groups in total. The smallest absolute Gasteiger partial charge is 0.338 e. The van der Waals surface area contributed by atoms with E-state index in [0.717, 1.165) is 0 Å². The van der Waals surface area contributed by atoms with Crippen molar-refractivity contribution in [2.24, 2.45) is 0 Å². The number of halogens is 1. The Balaban J connectivity index is 1.87. The summed E-state index contributed by atoms with van der Waals surface area (Å²) in [5.41, 5.74) is 1.40. The van der Waals surface area contributed by atoms with Gasteiger partial charge in [-0.3, -0.25) is 4.79 Å². The van der Waals surface area contributed by atoms with Gasteiger partial charge in [0.2, 0.25) is 15.6 Å². The summed E-state index contributed by atoms with van der Waals surface area (Å²) in [5, 5.41) is 0.435. The van der Waals surface area contributed by atoms with Crippen LogP contribution in [0.25, 0.3) is 0 Å². The van der Waals surface area contributed by atoms with E-state index in [9.17, 15) is 18.0 Å². The van der Waals surface area contributed by atoms with Gasteiger partial charge in [-0.05, 0) is 61.5 Å². The third-order valence-corrected chi connectivity index (χ3v) is 6.96. The van der Waals surface area contributed by atoms with Crippen LogP contribution >= 0.6 is 11.6 Å². The van der Waals surface area contributed by atoms with Crippen LogP contribution in [0.2, 0.25) is 5.02 Å². The van der Waals surface area contributed by atoms with Gasteiger partial charge in [0.25, 0.3) is 0 Å². The average Bonchev–Trinajstić information content (AvgIpc) is 2.79. The first-order chi connectivity index (χ1) is 15.3. The number of Topliss-reactive ketones (excluding diaryl/α,β-unsaturated/α-hetero) is 1. The van der Waals surface area contributed by atoms with Crippen LogP contribution in [0.1, 0.15) is 27.6 Å². The minimum absolute atomic E-state index is 0.00125. The Morgan fingerprint density at radius 2 is 1.66 bits per heavy atom. The van der Waals surface area contributed by atoms with Crippen LogP contribution < -0.4 is 4.90 Å². The molecule has 1 aliphatic rings. The number of ketones is 1.